The first-order chi connectivity index (χ1) is 13.2. The van der Waals surface area contributed by atoms with E-state index in [4.69, 9.17) is 15.6 Å². The molecule has 0 bridgehead atoms. The molecule has 0 aliphatic carbocycles. The fourth-order valence-electron chi connectivity index (χ4n) is 2.55. The summed E-state index contributed by atoms with van der Waals surface area (Å²) in [5.41, 5.74) is 5.97. The minimum Gasteiger partial charge on any atom is -0.497 e. The molecule has 5 heteroatoms. The second kappa shape index (κ2) is 14.8. The molecule has 2 aromatic carbocycles. The number of rotatable bonds is 5. The van der Waals surface area contributed by atoms with E-state index >= 15 is 0 Å². The first-order valence-corrected chi connectivity index (χ1v) is 9.43. The van der Waals surface area contributed by atoms with Crippen LogP contribution in [0.1, 0.15) is 24.8 Å². The van der Waals surface area contributed by atoms with Crippen LogP contribution in [0.25, 0.3) is 0 Å². The highest BCUT2D eigenvalue weighted by atomic mass is 16.5. The van der Waals surface area contributed by atoms with Crippen molar-refractivity contribution in [1.29, 1.82) is 0 Å². The lowest BCUT2D eigenvalue weighted by Gasteiger charge is -2.14. The molecular formula is C22H32N2O3. The summed E-state index contributed by atoms with van der Waals surface area (Å²) >= 11 is 0. The molecule has 0 atom stereocenters. The zero-order valence-corrected chi connectivity index (χ0v) is 16.2. The molecule has 27 heavy (non-hydrogen) atoms. The normalized spacial score (nSPS) is 12.3. The van der Waals surface area contributed by atoms with Gasteiger partial charge in [0.1, 0.15) is 5.75 Å². The highest BCUT2D eigenvalue weighted by Gasteiger charge is 2.17. The van der Waals surface area contributed by atoms with Crippen molar-refractivity contribution in [2.45, 2.75) is 25.7 Å². The molecule has 0 spiro atoms. The molecule has 1 amide bonds. The number of ether oxygens (including phenoxy) is 1. The van der Waals surface area contributed by atoms with E-state index in [2.05, 4.69) is 0 Å². The number of nitrogens with zero attached hydrogens (tertiary/aromatic N) is 1. The van der Waals surface area contributed by atoms with E-state index < -0.39 is 0 Å². The van der Waals surface area contributed by atoms with Gasteiger partial charge in [-0.3, -0.25) is 4.79 Å². The van der Waals surface area contributed by atoms with Gasteiger partial charge >= 0.3 is 0 Å². The first kappa shape index (κ1) is 22.7. The second-order valence-corrected chi connectivity index (χ2v) is 6.10. The van der Waals surface area contributed by atoms with Gasteiger partial charge in [0.25, 0.3) is 0 Å². The maximum Gasteiger partial charge on any atom is 0.222 e. The fraction of sp³-hybridized carbons (Fsp3) is 0.409. The van der Waals surface area contributed by atoms with Crippen LogP contribution in [0.15, 0.2) is 60.7 Å². The van der Waals surface area contributed by atoms with Crippen molar-refractivity contribution in [1.82, 2.24) is 4.90 Å². The van der Waals surface area contributed by atoms with E-state index in [0.29, 0.717) is 18.9 Å². The minimum absolute atomic E-state index is 0.0972. The lowest BCUT2D eigenvalue weighted by atomic mass is 10.1. The van der Waals surface area contributed by atoms with Crippen LogP contribution in [0, 0.1) is 0 Å². The monoisotopic (exact) mass is 372 g/mol. The van der Waals surface area contributed by atoms with Gasteiger partial charge in [0.2, 0.25) is 5.91 Å². The summed E-state index contributed by atoms with van der Waals surface area (Å²) in [5, 5.41) is 7.75. The number of methoxy groups -OCH3 is 1. The van der Waals surface area contributed by atoms with E-state index in [1.54, 1.807) is 7.11 Å². The largest absolute Gasteiger partial charge is 0.497 e. The zero-order chi connectivity index (χ0) is 19.7. The number of aliphatic hydroxyl groups excluding tert-OH is 1. The van der Waals surface area contributed by atoms with E-state index in [-0.39, 0.29) is 6.61 Å². The smallest absolute Gasteiger partial charge is 0.222 e. The van der Waals surface area contributed by atoms with Crippen molar-refractivity contribution in [3.8, 4) is 5.75 Å². The Morgan fingerprint density at radius 2 is 1.52 bits per heavy atom. The molecule has 148 valence electrons. The van der Waals surface area contributed by atoms with E-state index in [9.17, 15) is 4.79 Å². The summed E-state index contributed by atoms with van der Waals surface area (Å²) in [6, 6.07) is 19.9. The molecule has 0 unspecified atom stereocenters. The molecule has 1 fully saturated rings. The lowest BCUT2D eigenvalue weighted by Crippen LogP contribution is -2.27. The van der Waals surface area contributed by atoms with Gasteiger partial charge in [-0.1, -0.05) is 48.5 Å². The molecule has 1 aliphatic heterocycles. The summed E-state index contributed by atoms with van der Waals surface area (Å²) in [6.45, 7) is 2.36. The molecule has 1 saturated heterocycles. The first-order valence-electron chi connectivity index (χ1n) is 9.43. The van der Waals surface area contributed by atoms with Gasteiger partial charge in [-0.25, -0.2) is 0 Å². The van der Waals surface area contributed by atoms with E-state index in [1.165, 1.54) is 5.56 Å². The van der Waals surface area contributed by atoms with Gasteiger partial charge in [-0.15, -0.1) is 0 Å². The number of benzene rings is 2. The van der Waals surface area contributed by atoms with Crippen LogP contribution >= 0.6 is 0 Å². The number of likely N-dealkylation sites (tertiary alicyclic amines) is 1. The third kappa shape index (κ3) is 10.4. The molecule has 2 aromatic rings. The topological polar surface area (TPSA) is 75.8 Å². The second-order valence-electron chi connectivity index (χ2n) is 6.10. The van der Waals surface area contributed by atoms with Crippen LogP contribution in [0.5, 0.6) is 5.75 Å². The predicted octanol–water partition coefficient (Wildman–Crippen LogP) is 2.87. The predicted molar refractivity (Wildman–Crippen MR) is 110 cm³/mol. The number of amides is 1. The van der Waals surface area contributed by atoms with Crippen LogP contribution in [0.3, 0.4) is 0 Å². The quantitative estimate of drug-likeness (QED) is 0.846. The lowest BCUT2D eigenvalue weighted by molar-refractivity contribution is -0.130. The van der Waals surface area contributed by atoms with Crippen LogP contribution in [-0.2, 0) is 11.2 Å². The van der Waals surface area contributed by atoms with Gasteiger partial charge in [-0.2, -0.15) is 0 Å². The third-order valence-electron chi connectivity index (χ3n) is 4.04. The number of nitrogens with two attached hydrogens (primary N) is 1. The zero-order valence-electron chi connectivity index (χ0n) is 16.2. The maximum absolute atomic E-state index is 11.8. The Kier molecular flexibility index (Phi) is 12.4. The van der Waals surface area contributed by atoms with Crippen LogP contribution < -0.4 is 10.5 Å². The molecule has 5 nitrogen and oxygen atoms in total. The molecule has 3 N–H and O–H groups in total. The number of hydrogen-bond donors (Lipinski definition) is 2. The fourth-order valence-corrected chi connectivity index (χ4v) is 2.55. The summed E-state index contributed by atoms with van der Waals surface area (Å²) in [4.78, 5) is 13.8. The molecule has 0 radical (unpaired) electrons. The molecular weight excluding hydrogens is 340 g/mol. The van der Waals surface area contributed by atoms with Crippen molar-refractivity contribution in [3.05, 3.63) is 66.2 Å². The van der Waals surface area contributed by atoms with Gasteiger partial charge in [0, 0.05) is 26.1 Å². The summed E-state index contributed by atoms with van der Waals surface area (Å²) in [5.74, 6) is 1.15. The van der Waals surface area contributed by atoms with Gasteiger partial charge in [0.05, 0.1) is 13.7 Å². The van der Waals surface area contributed by atoms with Crippen LogP contribution in [0.4, 0.5) is 0 Å². The summed E-state index contributed by atoms with van der Waals surface area (Å²) in [7, 11) is 1.66. The highest BCUT2D eigenvalue weighted by Crippen LogP contribution is 2.14. The van der Waals surface area contributed by atoms with E-state index in [1.807, 2.05) is 65.6 Å². The average Bonchev–Trinajstić information content (AvgIpc) is 3.29. The Hall–Kier alpha value is -2.37. The van der Waals surface area contributed by atoms with E-state index in [0.717, 1.165) is 38.1 Å². The maximum atomic E-state index is 11.8. The third-order valence-corrected chi connectivity index (χ3v) is 4.04. The molecule has 0 saturated carbocycles. The molecule has 1 aliphatic rings. The van der Waals surface area contributed by atoms with Crippen LogP contribution in [0.2, 0.25) is 0 Å². The van der Waals surface area contributed by atoms with Crippen molar-refractivity contribution >= 4 is 5.91 Å². The van der Waals surface area contributed by atoms with Gasteiger partial charge < -0.3 is 20.5 Å². The van der Waals surface area contributed by atoms with Gasteiger partial charge in [0.15, 0.2) is 0 Å². The Balaban J connectivity index is 0.000000299. The Morgan fingerprint density at radius 1 is 1.04 bits per heavy atom. The number of hydrogen-bond acceptors (Lipinski definition) is 4. The highest BCUT2D eigenvalue weighted by molar-refractivity contribution is 5.76. The number of aryl methyl sites for hydroxylation is 1. The van der Waals surface area contributed by atoms with Crippen molar-refractivity contribution < 1.29 is 14.6 Å². The SMILES string of the molecule is COc1ccc(CCC(=O)N2CCCC2)cc1.NCCO.c1ccccc1. The van der Waals surface area contributed by atoms with Crippen molar-refractivity contribution in [2.75, 3.05) is 33.4 Å². The van der Waals surface area contributed by atoms with Crippen molar-refractivity contribution in [3.63, 3.8) is 0 Å². The Bertz CT molecular complexity index is 568. The van der Waals surface area contributed by atoms with Crippen LogP contribution in [-0.4, -0.2) is 49.3 Å². The summed E-state index contributed by atoms with van der Waals surface area (Å²) < 4.78 is 5.10. The average molecular weight is 373 g/mol. The van der Waals surface area contributed by atoms with Crippen molar-refractivity contribution in [2.24, 2.45) is 5.73 Å². The number of carbonyl (C=O) groups is 1. The Morgan fingerprint density at radius 3 is 1.93 bits per heavy atom. The molecule has 0 aromatic heterocycles. The standard InChI is InChI=1S/C14H19NO2.C6H6.C2H7NO/c1-17-13-7-4-12(5-8-13)6-9-14(16)15-10-2-3-11-15;1-2-4-6-5-3-1;3-1-2-4/h4-5,7-8H,2-3,6,9-11H2,1H3;1-6H;4H,1-3H2. The molecule has 3 rings (SSSR count). The summed E-state index contributed by atoms with van der Waals surface area (Å²) in [6.07, 6.45) is 3.76. The Labute approximate surface area is 162 Å². The number of carbonyl (C=O) groups excluding carboxylic acids is 1. The molecule has 1 heterocycles. The number of aliphatic hydroxyl groups is 1. The minimum atomic E-state index is 0.0972. The van der Waals surface area contributed by atoms with Gasteiger partial charge in [-0.05, 0) is 37.0 Å².